The Hall–Kier alpha value is -0.830. The molecule has 0 aliphatic rings. The van der Waals surface area contributed by atoms with Gasteiger partial charge < -0.3 is 5.32 Å². The van der Waals surface area contributed by atoms with Gasteiger partial charge in [0.1, 0.15) is 0 Å². The molecule has 0 saturated heterocycles. The van der Waals surface area contributed by atoms with Crippen molar-refractivity contribution in [3.05, 3.63) is 34.3 Å². The first-order valence-electron chi connectivity index (χ1n) is 5.53. The van der Waals surface area contributed by atoms with Gasteiger partial charge in [-0.2, -0.15) is 0 Å². The molecular formula is C13H18BrNO. The molecule has 0 saturated carbocycles. The number of hydrogen-bond acceptors (Lipinski definition) is 1. The van der Waals surface area contributed by atoms with Crippen molar-refractivity contribution in [2.75, 3.05) is 0 Å². The smallest absolute Gasteiger partial charge is 0.224 e. The Morgan fingerprint density at radius 3 is 2.62 bits per heavy atom. The summed E-state index contributed by atoms with van der Waals surface area (Å²) in [5, 5.41) is 2.99. The van der Waals surface area contributed by atoms with E-state index in [1.54, 1.807) is 0 Å². The summed E-state index contributed by atoms with van der Waals surface area (Å²) >= 11 is 3.39. The fourth-order valence-electron chi connectivity index (χ4n) is 1.30. The van der Waals surface area contributed by atoms with E-state index in [1.807, 2.05) is 31.2 Å². The van der Waals surface area contributed by atoms with Crippen molar-refractivity contribution in [1.29, 1.82) is 0 Å². The number of carbonyl (C=O) groups is 1. The van der Waals surface area contributed by atoms with Gasteiger partial charge in [0.05, 0.1) is 6.42 Å². The molecule has 0 heterocycles. The van der Waals surface area contributed by atoms with Crippen LogP contribution in [0.2, 0.25) is 0 Å². The normalized spacial score (nSPS) is 12.6. The van der Waals surface area contributed by atoms with Crippen LogP contribution in [-0.2, 0) is 11.2 Å². The number of benzene rings is 1. The van der Waals surface area contributed by atoms with Crippen LogP contribution in [0.25, 0.3) is 0 Å². The molecule has 0 radical (unpaired) electrons. The van der Waals surface area contributed by atoms with Gasteiger partial charge in [0, 0.05) is 10.5 Å². The summed E-state index contributed by atoms with van der Waals surface area (Å²) in [6.45, 7) is 6.23. The van der Waals surface area contributed by atoms with Crippen molar-refractivity contribution in [1.82, 2.24) is 5.32 Å². The third kappa shape index (κ3) is 4.35. The lowest BCUT2D eigenvalue weighted by Crippen LogP contribution is -2.37. The van der Waals surface area contributed by atoms with Gasteiger partial charge in [-0.1, -0.05) is 41.9 Å². The minimum Gasteiger partial charge on any atom is -0.353 e. The summed E-state index contributed by atoms with van der Waals surface area (Å²) in [4.78, 5) is 11.7. The summed E-state index contributed by atoms with van der Waals surface area (Å²) in [5.41, 5.74) is 1.03. The minimum absolute atomic E-state index is 0.0827. The Labute approximate surface area is 106 Å². The van der Waals surface area contributed by atoms with E-state index in [0.717, 1.165) is 10.0 Å². The van der Waals surface area contributed by atoms with E-state index in [1.165, 1.54) is 0 Å². The van der Waals surface area contributed by atoms with E-state index in [-0.39, 0.29) is 11.9 Å². The molecule has 0 bridgehead atoms. The largest absolute Gasteiger partial charge is 0.353 e. The zero-order valence-corrected chi connectivity index (χ0v) is 11.5. The molecule has 1 N–H and O–H groups in total. The van der Waals surface area contributed by atoms with Crippen molar-refractivity contribution in [3.63, 3.8) is 0 Å². The van der Waals surface area contributed by atoms with E-state index in [0.29, 0.717) is 12.3 Å². The molecule has 1 rings (SSSR count). The summed E-state index contributed by atoms with van der Waals surface area (Å²) in [6.07, 6.45) is 0.441. The third-order valence-electron chi connectivity index (χ3n) is 2.64. The maximum absolute atomic E-state index is 11.7. The molecule has 1 aromatic carbocycles. The van der Waals surface area contributed by atoms with Gasteiger partial charge in [-0.25, -0.2) is 0 Å². The first-order valence-corrected chi connectivity index (χ1v) is 6.32. The van der Waals surface area contributed by atoms with Crippen molar-refractivity contribution < 1.29 is 4.79 Å². The average molecular weight is 284 g/mol. The van der Waals surface area contributed by atoms with Crippen LogP contribution in [0.15, 0.2) is 28.7 Å². The summed E-state index contributed by atoms with van der Waals surface area (Å²) < 4.78 is 1.01. The minimum atomic E-state index is 0.0827. The molecule has 16 heavy (non-hydrogen) atoms. The molecule has 2 nitrogen and oxygen atoms in total. The Morgan fingerprint density at radius 1 is 1.38 bits per heavy atom. The Morgan fingerprint density at radius 2 is 2.06 bits per heavy atom. The first kappa shape index (κ1) is 13.2. The van der Waals surface area contributed by atoms with Gasteiger partial charge in [-0.15, -0.1) is 0 Å². The number of hydrogen-bond donors (Lipinski definition) is 1. The molecule has 0 unspecified atom stereocenters. The van der Waals surface area contributed by atoms with Gasteiger partial charge in [-0.05, 0) is 30.5 Å². The van der Waals surface area contributed by atoms with Crippen molar-refractivity contribution in [3.8, 4) is 0 Å². The van der Waals surface area contributed by atoms with Crippen LogP contribution in [0.1, 0.15) is 26.3 Å². The van der Waals surface area contributed by atoms with E-state index < -0.39 is 0 Å². The molecule has 0 spiro atoms. The van der Waals surface area contributed by atoms with Crippen LogP contribution in [0.5, 0.6) is 0 Å². The lowest BCUT2D eigenvalue weighted by molar-refractivity contribution is -0.121. The number of amides is 1. The SMILES string of the molecule is CC(C)[C@@H](C)NC(=O)Cc1cccc(Br)c1. The van der Waals surface area contributed by atoms with Crippen molar-refractivity contribution in [2.24, 2.45) is 5.92 Å². The average Bonchev–Trinajstić information content (AvgIpc) is 2.16. The van der Waals surface area contributed by atoms with Crippen LogP contribution < -0.4 is 5.32 Å². The Kier molecular flexibility index (Phi) is 5.00. The quantitative estimate of drug-likeness (QED) is 0.904. The molecule has 0 aliphatic heterocycles. The highest BCUT2D eigenvalue weighted by Crippen LogP contribution is 2.12. The zero-order chi connectivity index (χ0) is 12.1. The predicted molar refractivity (Wildman–Crippen MR) is 70.3 cm³/mol. The number of halogens is 1. The van der Waals surface area contributed by atoms with Crippen LogP contribution in [0, 0.1) is 5.92 Å². The van der Waals surface area contributed by atoms with Gasteiger partial charge in [0.15, 0.2) is 0 Å². The first-order chi connectivity index (χ1) is 7.49. The van der Waals surface area contributed by atoms with Crippen LogP contribution >= 0.6 is 15.9 Å². The van der Waals surface area contributed by atoms with E-state index >= 15 is 0 Å². The van der Waals surface area contributed by atoms with Gasteiger partial charge in [-0.3, -0.25) is 4.79 Å². The van der Waals surface area contributed by atoms with Gasteiger partial charge in [0.2, 0.25) is 5.91 Å². The molecule has 3 heteroatoms. The topological polar surface area (TPSA) is 29.1 Å². The highest BCUT2D eigenvalue weighted by molar-refractivity contribution is 9.10. The lowest BCUT2D eigenvalue weighted by atomic mass is 10.1. The molecule has 0 aliphatic carbocycles. The van der Waals surface area contributed by atoms with Gasteiger partial charge >= 0.3 is 0 Å². The monoisotopic (exact) mass is 283 g/mol. The van der Waals surface area contributed by atoms with Crippen molar-refractivity contribution in [2.45, 2.75) is 33.2 Å². The standard InChI is InChI=1S/C13H18BrNO/c1-9(2)10(3)15-13(16)8-11-5-4-6-12(14)7-11/h4-7,9-10H,8H2,1-3H3,(H,15,16)/t10-/m1/s1. The highest BCUT2D eigenvalue weighted by Gasteiger charge is 2.10. The van der Waals surface area contributed by atoms with E-state index in [9.17, 15) is 4.79 Å². The highest BCUT2D eigenvalue weighted by atomic mass is 79.9. The predicted octanol–water partition coefficient (Wildman–Crippen LogP) is 3.15. The summed E-state index contributed by atoms with van der Waals surface area (Å²) in [5.74, 6) is 0.547. The number of rotatable bonds is 4. The second-order valence-corrected chi connectivity index (χ2v) is 5.32. The maximum Gasteiger partial charge on any atom is 0.224 e. The molecule has 0 aromatic heterocycles. The second-order valence-electron chi connectivity index (χ2n) is 4.41. The maximum atomic E-state index is 11.7. The number of nitrogens with one attached hydrogen (secondary N) is 1. The molecule has 1 atom stereocenters. The molecular weight excluding hydrogens is 266 g/mol. The van der Waals surface area contributed by atoms with Crippen LogP contribution in [-0.4, -0.2) is 11.9 Å². The summed E-state index contributed by atoms with van der Waals surface area (Å²) in [6, 6.07) is 8.06. The fraction of sp³-hybridized carbons (Fsp3) is 0.462. The number of carbonyl (C=O) groups excluding carboxylic acids is 1. The second kappa shape index (κ2) is 6.04. The lowest BCUT2D eigenvalue weighted by Gasteiger charge is -2.17. The molecule has 1 aromatic rings. The molecule has 1 amide bonds. The van der Waals surface area contributed by atoms with Crippen LogP contribution in [0.4, 0.5) is 0 Å². The summed E-state index contributed by atoms with van der Waals surface area (Å²) in [7, 11) is 0. The Balaban J connectivity index is 2.52. The van der Waals surface area contributed by atoms with E-state index in [2.05, 4.69) is 35.1 Å². The van der Waals surface area contributed by atoms with Crippen molar-refractivity contribution >= 4 is 21.8 Å². The Bertz CT molecular complexity index is 363. The van der Waals surface area contributed by atoms with E-state index in [4.69, 9.17) is 0 Å². The molecule has 88 valence electrons. The van der Waals surface area contributed by atoms with Gasteiger partial charge in [0.25, 0.3) is 0 Å². The third-order valence-corrected chi connectivity index (χ3v) is 3.14. The molecule has 0 fully saturated rings. The van der Waals surface area contributed by atoms with Crippen LogP contribution in [0.3, 0.4) is 0 Å². The fourth-order valence-corrected chi connectivity index (χ4v) is 1.75. The zero-order valence-electron chi connectivity index (χ0n) is 9.96.